The molecule has 3 rings (SSSR count). The molecule has 1 N–H and O–H groups in total. The van der Waals surface area contributed by atoms with E-state index in [4.69, 9.17) is 0 Å². The number of carbonyl (C=O) groups is 2. The average Bonchev–Trinajstić information content (AvgIpc) is 3.21. The molecule has 6 nitrogen and oxygen atoms in total. The molecule has 1 atom stereocenters. The number of piperidine rings is 1. The zero-order valence-corrected chi connectivity index (χ0v) is 15.7. The Morgan fingerprint density at radius 2 is 1.92 bits per heavy atom. The zero-order chi connectivity index (χ0) is 18.4. The van der Waals surface area contributed by atoms with Crippen LogP contribution in [0, 0.1) is 5.92 Å². The van der Waals surface area contributed by atoms with Crippen LogP contribution in [0.3, 0.4) is 0 Å². The summed E-state index contributed by atoms with van der Waals surface area (Å²) in [5.74, 6) is 1.52. The van der Waals surface area contributed by atoms with E-state index in [-0.39, 0.29) is 11.9 Å². The largest absolute Gasteiger partial charge is 0.343 e. The first-order valence-electron chi connectivity index (χ1n) is 9.87. The third-order valence-corrected chi connectivity index (χ3v) is 5.72. The van der Waals surface area contributed by atoms with E-state index in [1.807, 2.05) is 24.0 Å². The molecule has 0 aliphatic carbocycles. The van der Waals surface area contributed by atoms with Crippen LogP contribution in [-0.2, 0) is 9.59 Å². The Morgan fingerprint density at radius 1 is 1.19 bits per heavy atom. The molecule has 142 valence electrons. The second kappa shape index (κ2) is 9.12. The maximum absolute atomic E-state index is 12.4. The van der Waals surface area contributed by atoms with Gasteiger partial charge in [-0.05, 0) is 70.2 Å². The summed E-state index contributed by atoms with van der Waals surface area (Å²) in [4.78, 5) is 33.0. The Morgan fingerprint density at radius 3 is 2.58 bits per heavy atom. The molecule has 2 aliphatic rings. The molecule has 0 radical (unpaired) electrons. The van der Waals surface area contributed by atoms with Gasteiger partial charge in [-0.1, -0.05) is 6.07 Å². The Labute approximate surface area is 156 Å². The second-order valence-electron chi connectivity index (χ2n) is 7.49. The second-order valence-corrected chi connectivity index (χ2v) is 7.49. The first-order valence-corrected chi connectivity index (χ1v) is 9.87. The van der Waals surface area contributed by atoms with Crippen molar-refractivity contribution in [2.45, 2.75) is 51.5 Å². The molecule has 6 heteroatoms. The highest BCUT2D eigenvalue weighted by Gasteiger charge is 2.27. The molecule has 26 heavy (non-hydrogen) atoms. The van der Waals surface area contributed by atoms with Crippen LogP contribution in [-0.4, -0.2) is 58.8 Å². The van der Waals surface area contributed by atoms with Gasteiger partial charge in [-0.25, -0.2) is 4.98 Å². The van der Waals surface area contributed by atoms with Crippen LogP contribution in [0.15, 0.2) is 24.4 Å². The van der Waals surface area contributed by atoms with E-state index in [0.29, 0.717) is 24.1 Å². The third kappa shape index (κ3) is 5.04. The molecule has 0 saturated carbocycles. The van der Waals surface area contributed by atoms with Gasteiger partial charge in [-0.3, -0.25) is 14.5 Å². The fraction of sp³-hybridized carbons (Fsp3) is 0.650. The van der Waals surface area contributed by atoms with Crippen molar-refractivity contribution in [1.82, 2.24) is 14.8 Å². The summed E-state index contributed by atoms with van der Waals surface area (Å²) in [5.41, 5.74) is 0. The topological polar surface area (TPSA) is 65.5 Å². The van der Waals surface area contributed by atoms with Crippen molar-refractivity contribution < 1.29 is 9.59 Å². The SMILES string of the molecule is C[C@H](C(=O)Nc1ccccn1)N1CCC(CCC(=O)N2CCCC2)CC1. The lowest BCUT2D eigenvalue weighted by molar-refractivity contribution is -0.130. The van der Waals surface area contributed by atoms with Crippen LogP contribution in [0.25, 0.3) is 0 Å². The van der Waals surface area contributed by atoms with Crippen molar-refractivity contribution in [2.75, 3.05) is 31.5 Å². The zero-order valence-electron chi connectivity index (χ0n) is 15.7. The molecule has 2 aliphatic heterocycles. The van der Waals surface area contributed by atoms with Gasteiger partial charge in [0.25, 0.3) is 0 Å². The van der Waals surface area contributed by atoms with Crippen molar-refractivity contribution in [2.24, 2.45) is 5.92 Å². The highest BCUT2D eigenvalue weighted by atomic mass is 16.2. The van der Waals surface area contributed by atoms with Gasteiger partial charge in [0.2, 0.25) is 11.8 Å². The Kier molecular flexibility index (Phi) is 6.61. The minimum Gasteiger partial charge on any atom is -0.343 e. The molecule has 0 bridgehead atoms. The molecule has 3 heterocycles. The van der Waals surface area contributed by atoms with Crippen LogP contribution in [0.2, 0.25) is 0 Å². The fourth-order valence-corrected chi connectivity index (χ4v) is 3.91. The van der Waals surface area contributed by atoms with E-state index in [2.05, 4.69) is 15.2 Å². The lowest BCUT2D eigenvalue weighted by Gasteiger charge is -2.35. The average molecular weight is 358 g/mol. The lowest BCUT2D eigenvalue weighted by Crippen LogP contribution is -2.46. The summed E-state index contributed by atoms with van der Waals surface area (Å²) < 4.78 is 0. The van der Waals surface area contributed by atoms with Gasteiger partial charge in [0.05, 0.1) is 6.04 Å². The number of rotatable bonds is 6. The highest BCUT2D eigenvalue weighted by molar-refractivity contribution is 5.93. The number of anilines is 1. The highest BCUT2D eigenvalue weighted by Crippen LogP contribution is 2.24. The minimum atomic E-state index is -0.163. The number of nitrogens with zero attached hydrogens (tertiary/aromatic N) is 3. The van der Waals surface area contributed by atoms with Gasteiger partial charge >= 0.3 is 0 Å². The van der Waals surface area contributed by atoms with Crippen molar-refractivity contribution >= 4 is 17.6 Å². The van der Waals surface area contributed by atoms with Crippen molar-refractivity contribution in [3.8, 4) is 0 Å². The van der Waals surface area contributed by atoms with Gasteiger partial charge in [0.1, 0.15) is 5.82 Å². The molecule has 2 saturated heterocycles. The van der Waals surface area contributed by atoms with E-state index in [9.17, 15) is 9.59 Å². The summed E-state index contributed by atoms with van der Waals surface area (Å²) >= 11 is 0. The number of amides is 2. The summed E-state index contributed by atoms with van der Waals surface area (Å²) in [6, 6.07) is 5.33. The van der Waals surface area contributed by atoms with E-state index in [1.54, 1.807) is 12.3 Å². The van der Waals surface area contributed by atoms with Crippen molar-refractivity contribution in [1.29, 1.82) is 0 Å². The maximum atomic E-state index is 12.4. The predicted octanol–water partition coefficient (Wildman–Crippen LogP) is 2.52. The first kappa shape index (κ1) is 18.8. The predicted molar refractivity (Wildman–Crippen MR) is 102 cm³/mol. The van der Waals surface area contributed by atoms with E-state index in [0.717, 1.165) is 58.3 Å². The van der Waals surface area contributed by atoms with Crippen molar-refractivity contribution in [3.63, 3.8) is 0 Å². The van der Waals surface area contributed by atoms with Crippen LogP contribution in [0.4, 0.5) is 5.82 Å². The van der Waals surface area contributed by atoms with Gasteiger partial charge in [-0.15, -0.1) is 0 Å². The third-order valence-electron chi connectivity index (χ3n) is 5.72. The van der Waals surface area contributed by atoms with Gasteiger partial charge in [0.15, 0.2) is 0 Å². The molecule has 2 fully saturated rings. The first-order chi connectivity index (χ1) is 12.6. The summed E-state index contributed by atoms with van der Waals surface area (Å²) in [5, 5.41) is 2.88. The van der Waals surface area contributed by atoms with E-state index >= 15 is 0 Å². The summed E-state index contributed by atoms with van der Waals surface area (Å²) in [6.07, 6.45) is 7.78. The van der Waals surface area contributed by atoms with Crippen molar-refractivity contribution in [3.05, 3.63) is 24.4 Å². The number of carbonyl (C=O) groups excluding carboxylic acids is 2. The normalized spacial score (nSPS) is 20.1. The van der Waals surface area contributed by atoms with E-state index in [1.165, 1.54) is 0 Å². The van der Waals surface area contributed by atoms with Gasteiger partial charge in [-0.2, -0.15) is 0 Å². The minimum absolute atomic E-state index is 0.00800. The molecule has 0 unspecified atom stereocenters. The number of hydrogen-bond acceptors (Lipinski definition) is 4. The van der Waals surface area contributed by atoms with Gasteiger partial charge < -0.3 is 10.2 Å². The smallest absolute Gasteiger partial charge is 0.242 e. The van der Waals surface area contributed by atoms with Crippen LogP contribution in [0.5, 0.6) is 0 Å². The van der Waals surface area contributed by atoms with E-state index < -0.39 is 0 Å². The molecule has 2 amide bonds. The Bertz CT molecular complexity index is 593. The van der Waals surface area contributed by atoms with Gasteiger partial charge in [0, 0.05) is 25.7 Å². The molecule has 1 aromatic heterocycles. The number of pyridine rings is 1. The Balaban J connectivity index is 1.38. The number of nitrogens with one attached hydrogen (secondary N) is 1. The summed E-state index contributed by atoms with van der Waals surface area (Å²) in [6.45, 7) is 5.68. The molecule has 1 aromatic rings. The maximum Gasteiger partial charge on any atom is 0.242 e. The standard InChI is InChI=1S/C20H30N4O2/c1-16(20(26)22-18-6-2-3-11-21-18)23-14-9-17(10-15-23)7-8-19(25)24-12-4-5-13-24/h2-3,6,11,16-17H,4-5,7-10,12-15H2,1H3,(H,21,22,26)/t16-/m1/s1. The number of likely N-dealkylation sites (tertiary alicyclic amines) is 2. The number of aromatic nitrogens is 1. The number of hydrogen-bond donors (Lipinski definition) is 1. The summed E-state index contributed by atoms with van der Waals surface area (Å²) in [7, 11) is 0. The van der Waals surface area contributed by atoms with Crippen LogP contribution < -0.4 is 5.32 Å². The Hall–Kier alpha value is -1.95. The molecule has 0 spiro atoms. The van der Waals surface area contributed by atoms with Crippen LogP contribution >= 0.6 is 0 Å². The molecule has 0 aromatic carbocycles. The quantitative estimate of drug-likeness (QED) is 0.849. The fourth-order valence-electron chi connectivity index (χ4n) is 3.91. The molecular formula is C20H30N4O2. The monoisotopic (exact) mass is 358 g/mol. The lowest BCUT2D eigenvalue weighted by atomic mass is 9.91. The molecular weight excluding hydrogens is 328 g/mol. The van der Waals surface area contributed by atoms with Crippen LogP contribution in [0.1, 0.15) is 45.4 Å².